The van der Waals surface area contributed by atoms with Crippen LogP contribution in [0.5, 0.6) is 0 Å². The van der Waals surface area contributed by atoms with E-state index in [4.69, 9.17) is 5.26 Å². The van der Waals surface area contributed by atoms with Gasteiger partial charge in [-0.05, 0) is 37.7 Å². The highest BCUT2D eigenvalue weighted by atomic mass is 16.2. The van der Waals surface area contributed by atoms with Crippen molar-refractivity contribution in [3.05, 3.63) is 41.5 Å². The molecular weight excluding hydrogens is 250 g/mol. The summed E-state index contributed by atoms with van der Waals surface area (Å²) in [6.45, 7) is 4.65. The Kier molecular flexibility index (Phi) is 4.54. The molecule has 1 aromatic carbocycles. The Morgan fingerprint density at radius 3 is 2.95 bits per heavy atom. The number of benzene rings is 1. The molecule has 0 saturated carbocycles. The minimum absolute atomic E-state index is 0.0351. The molecular formula is C16H19N3O. The highest BCUT2D eigenvalue weighted by Crippen LogP contribution is 2.10. The lowest BCUT2D eigenvalue weighted by Gasteiger charge is -2.37. The molecule has 1 heterocycles. The third kappa shape index (κ3) is 3.46. The fourth-order valence-electron chi connectivity index (χ4n) is 2.44. The monoisotopic (exact) mass is 269 g/mol. The van der Waals surface area contributed by atoms with Crippen molar-refractivity contribution in [2.24, 2.45) is 0 Å². The molecule has 4 nitrogen and oxygen atoms in total. The number of amides is 1. The van der Waals surface area contributed by atoms with Crippen molar-refractivity contribution in [3.8, 4) is 6.07 Å². The molecule has 0 aromatic heterocycles. The maximum atomic E-state index is 12.2. The van der Waals surface area contributed by atoms with Gasteiger partial charge in [-0.25, -0.2) is 0 Å². The van der Waals surface area contributed by atoms with Crippen LogP contribution in [0, 0.1) is 11.3 Å². The van der Waals surface area contributed by atoms with E-state index in [2.05, 4.69) is 24.9 Å². The molecule has 1 aliphatic heterocycles. The van der Waals surface area contributed by atoms with Crippen molar-refractivity contribution < 1.29 is 4.79 Å². The van der Waals surface area contributed by atoms with Crippen LogP contribution in [0.2, 0.25) is 0 Å². The van der Waals surface area contributed by atoms with Crippen LogP contribution in [0.1, 0.15) is 18.1 Å². The van der Waals surface area contributed by atoms with E-state index in [1.807, 2.05) is 17.0 Å². The molecule has 0 radical (unpaired) electrons. The second-order valence-electron chi connectivity index (χ2n) is 5.21. The minimum Gasteiger partial charge on any atom is -0.334 e. The van der Waals surface area contributed by atoms with Crippen LogP contribution in [0.15, 0.2) is 30.3 Å². The van der Waals surface area contributed by atoms with Crippen molar-refractivity contribution in [2.75, 3.05) is 26.7 Å². The predicted octanol–water partition coefficient (Wildman–Crippen LogP) is 1.73. The highest BCUT2D eigenvalue weighted by molar-refractivity contribution is 5.92. The van der Waals surface area contributed by atoms with E-state index in [1.54, 1.807) is 24.3 Å². The molecule has 1 atom stereocenters. The molecule has 1 aliphatic rings. The van der Waals surface area contributed by atoms with E-state index in [1.165, 1.54) is 0 Å². The first kappa shape index (κ1) is 14.3. The summed E-state index contributed by atoms with van der Waals surface area (Å²) in [6.07, 6.45) is 3.37. The third-order valence-electron chi connectivity index (χ3n) is 3.55. The van der Waals surface area contributed by atoms with Gasteiger partial charge in [0.2, 0.25) is 5.91 Å². The Morgan fingerprint density at radius 1 is 1.45 bits per heavy atom. The number of piperazine rings is 1. The van der Waals surface area contributed by atoms with Crippen LogP contribution in [0.25, 0.3) is 6.08 Å². The first-order valence-electron chi connectivity index (χ1n) is 6.77. The van der Waals surface area contributed by atoms with Crippen LogP contribution in [-0.4, -0.2) is 48.4 Å². The number of hydrogen-bond acceptors (Lipinski definition) is 3. The minimum atomic E-state index is 0.0351. The molecule has 0 N–H and O–H groups in total. The number of likely N-dealkylation sites (N-methyl/N-ethyl adjacent to an activating group) is 1. The van der Waals surface area contributed by atoms with Gasteiger partial charge in [-0.3, -0.25) is 4.79 Å². The van der Waals surface area contributed by atoms with Crippen molar-refractivity contribution in [1.29, 1.82) is 5.26 Å². The summed E-state index contributed by atoms with van der Waals surface area (Å²) in [5, 5.41) is 8.85. The van der Waals surface area contributed by atoms with Gasteiger partial charge in [0, 0.05) is 31.8 Å². The van der Waals surface area contributed by atoms with Crippen molar-refractivity contribution in [1.82, 2.24) is 9.80 Å². The molecule has 0 spiro atoms. The maximum Gasteiger partial charge on any atom is 0.246 e. The molecule has 1 unspecified atom stereocenters. The van der Waals surface area contributed by atoms with Crippen LogP contribution in [0.4, 0.5) is 0 Å². The topological polar surface area (TPSA) is 47.3 Å². The Hall–Kier alpha value is -2.12. The molecule has 1 amide bonds. The zero-order valence-electron chi connectivity index (χ0n) is 11.9. The summed E-state index contributed by atoms with van der Waals surface area (Å²) >= 11 is 0. The summed E-state index contributed by atoms with van der Waals surface area (Å²) in [6, 6.07) is 9.56. The Morgan fingerprint density at radius 2 is 2.25 bits per heavy atom. The lowest BCUT2D eigenvalue weighted by atomic mass is 10.1. The molecule has 1 saturated heterocycles. The molecule has 2 rings (SSSR count). The van der Waals surface area contributed by atoms with Crippen LogP contribution in [-0.2, 0) is 4.79 Å². The Labute approximate surface area is 119 Å². The van der Waals surface area contributed by atoms with Crippen molar-refractivity contribution in [2.45, 2.75) is 13.0 Å². The molecule has 104 valence electrons. The second kappa shape index (κ2) is 6.36. The number of carbonyl (C=O) groups excluding carboxylic acids is 1. The van der Waals surface area contributed by atoms with Gasteiger partial charge in [0.05, 0.1) is 11.6 Å². The molecule has 1 aromatic rings. The molecule has 0 aliphatic carbocycles. The fourth-order valence-corrected chi connectivity index (χ4v) is 2.44. The van der Waals surface area contributed by atoms with E-state index >= 15 is 0 Å². The van der Waals surface area contributed by atoms with Gasteiger partial charge < -0.3 is 9.80 Å². The first-order chi connectivity index (χ1) is 9.60. The molecule has 20 heavy (non-hydrogen) atoms. The predicted molar refractivity (Wildman–Crippen MR) is 78.9 cm³/mol. The summed E-state index contributed by atoms with van der Waals surface area (Å²) in [7, 11) is 2.07. The van der Waals surface area contributed by atoms with Gasteiger partial charge >= 0.3 is 0 Å². The normalized spacial score (nSPS) is 20.1. The number of nitriles is 1. The summed E-state index contributed by atoms with van der Waals surface area (Å²) in [4.78, 5) is 16.3. The standard InChI is InChI=1S/C16H19N3O/c1-13-12-18(2)8-9-19(13)16(20)7-6-14-4-3-5-15(10-14)11-17/h3-7,10,13H,8-9,12H2,1-2H3/b7-6+. The van der Waals surface area contributed by atoms with Gasteiger partial charge in [-0.1, -0.05) is 12.1 Å². The van der Waals surface area contributed by atoms with Crippen LogP contribution in [0.3, 0.4) is 0 Å². The third-order valence-corrected chi connectivity index (χ3v) is 3.55. The lowest BCUT2D eigenvalue weighted by molar-refractivity contribution is -0.130. The number of hydrogen-bond donors (Lipinski definition) is 0. The summed E-state index contributed by atoms with van der Waals surface area (Å²) < 4.78 is 0. The maximum absolute atomic E-state index is 12.2. The van der Waals surface area contributed by atoms with E-state index in [-0.39, 0.29) is 11.9 Å². The second-order valence-corrected chi connectivity index (χ2v) is 5.21. The SMILES string of the molecule is CC1CN(C)CCN1C(=O)/C=C/c1cccc(C#N)c1. The number of nitrogens with zero attached hydrogens (tertiary/aromatic N) is 3. The van der Waals surface area contributed by atoms with E-state index in [0.29, 0.717) is 5.56 Å². The van der Waals surface area contributed by atoms with Gasteiger partial charge in [0.1, 0.15) is 0 Å². The van der Waals surface area contributed by atoms with Gasteiger partial charge in [0.25, 0.3) is 0 Å². The molecule has 1 fully saturated rings. The van der Waals surface area contributed by atoms with Crippen LogP contribution < -0.4 is 0 Å². The smallest absolute Gasteiger partial charge is 0.246 e. The largest absolute Gasteiger partial charge is 0.334 e. The van der Waals surface area contributed by atoms with E-state index < -0.39 is 0 Å². The Balaban J connectivity index is 2.03. The van der Waals surface area contributed by atoms with Gasteiger partial charge in [0.15, 0.2) is 0 Å². The van der Waals surface area contributed by atoms with Crippen LogP contribution >= 0.6 is 0 Å². The fraction of sp³-hybridized carbons (Fsp3) is 0.375. The highest BCUT2D eigenvalue weighted by Gasteiger charge is 2.23. The number of rotatable bonds is 2. The quantitative estimate of drug-likeness (QED) is 0.768. The van der Waals surface area contributed by atoms with Crippen molar-refractivity contribution in [3.63, 3.8) is 0 Å². The van der Waals surface area contributed by atoms with E-state index in [0.717, 1.165) is 25.2 Å². The van der Waals surface area contributed by atoms with Gasteiger partial charge in [-0.2, -0.15) is 5.26 Å². The average molecular weight is 269 g/mol. The average Bonchev–Trinajstić information content (AvgIpc) is 2.45. The first-order valence-corrected chi connectivity index (χ1v) is 6.77. The lowest BCUT2D eigenvalue weighted by Crippen LogP contribution is -2.52. The zero-order valence-corrected chi connectivity index (χ0v) is 11.9. The van der Waals surface area contributed by atoms with Gasteiger partial charge in [-0.15, -0.1) is 0 Å². The zero-order chi connectivity index (χ0) is 14.5. The van der Waals surface area contributed by atoms with E-state index in [9.17, 15) is 4.79 Å². The summed E-state index contributed by atoms with van der Waals surface area (Å²) in [5.41, 5.74) is 1.48. The summed E-state index contributed by atoms with van der Waals surface area (Å²) in [5.74, 6) is 0.0351. The Bertz CT molecular complexity index is 559. The van der Waals surface area contributed by atoms with Crippen molar-refractivity contribution >= 4 is 12.0 Å². The molecule has 0 bridgehead atoms. The molecule has 4 heteroatoms. The number of carbonyl (C=O) groups is 1.